The van der Waals surface area contributed by atoms with E-state index in [1.807, 2.05) is 13.1 Å². The van der Waals surface area contributed by atoms with Gasteiger partial charge in [0.25, 0.3) is 0 Å². The lowest BCUT2D eigenvalue weighted by molar-refractivity contribution is 0.270. The number of nitrogens with one attached hydrogen (secondary N) is 1. The molecule has 2 rings (SSSR count). The van der Waals surface area contributed by atoms with Crippen LogP contribution >= 0.6 is 23.2 Å². The number of rotatable bonds is 5. The monoisotopic (exact) mass is 285 g/mol. The minimum absolute atomic E-state index is 0.323. The van der Waals surface area contributed by atoms with Crippen LogP contribution in [0.4, 0.5) is 0 Å². The van der Waals surface area contributed by atoms with Gasteiger partial charge in [-0.3, -0.25) is 0 Å². The summed E-state index contributed by atoms with van der Waals surface area (Å²) in [5.41, 5.74) is 1.08. The first-order valence-electron chi connectivity index (χ1n) is 5.48. The summed E-state index contributed by atoms with van der Waals surface area (Å²) in [7, 11) is 1.88. The highest BCUT2D eigenvalue weighted by Gasteiger charge is 2.06. The molecule has 1 aromatic carbocycles. The van der Waals surface area contributed by atoms with Crippen LogP contribution in [-0.2, 0) is 13.2 Å². The van der Waals surface area contributed by atoms with Gasteiger partial charge in [0, 0.05) is 23.2 Å². The van der Waals surface area contributed by atoms with Gasteiger partial charge in [-0.15, -0.1) is 0 Å². The van der Waals surface area contributed by atoms with Crippen molar-refractivity contribution in [1.29, 1.82) is 0 Å². The van der Waals surface area contributed by atoms with Crippen LogP contribution < -0.4 is 10.1 Å². The lowest BCUT2D eigenvalue weighted by atomic mass is 10.3. The topological polar surface area (TPSA) is 34.4 Å². The molecular formula is C13H13Cl2NO2. The molecule has 0 saturated carbocycles. The number of halogens is 2. The lowest BCUT2D eigenvalue weighted by Gasteiger charge is -2.06. The second-order valence-corrected chi connectivity index (χ2v) is 4.66. The molecule has 5 heteroatoms. The van der Waals surface area contributed by atoms with Gasteiger partial charge in [-0.25, -0.2) is 0 Å². The number of hydrogen-bond acceptors (Lipinski definition) is 3. The first-order valence-corrected chi connectivity index (χ1v) is 6.23. The van der Waals surface area contributed by atoms with Crippen molar-refractivity contribution in [3.05, 3.63) is 51.9 Å². The molecule has 2 aromatic rings. The fourth-order valence-electron chi connectivity index (χ4n) is 1.54. The second-order valence-electron chi connectivity index (χ2n) is 3.82. The molecule has 0 amide bonds. The fraction of sp³-hybridized carbons (Fsp3) is 0.231. The van der Waals surface area contributed by atoms with Crippen LogP contribution in [0.15, 0.2) is 34.9 Å². The highest BCUT2D eigenvalue weighted by atomic mass is 35.5. The van der Waals surface area contributed by atoms with E-state index in [1.165, 1.54) is 0 Å². The Balaban J connectivity index is 1.99. The third-order valence-corrected chi connectivity index (χ3v) is 2.90. The highest BCUT2D eigenvalue weighted by molar-refractivity contribution is 6.34. The minimum Gasteiger partial charge on any atom is -0.484 e. The summed E-state index contributed by atoms with van der Waals surface area (Å²) in [5.74, 6) is 1.30. The zero-order valence-electron chi connectivity index (χ0n) is 9.87. The zero-order chi connectivity index (χ0) is 13.0. The summed E-state index contributed by atoms with van der Waals surface area (Å²) in [6, 6.07) is 7.04. The third-order valence-electron chi connectivity index (χ3n) is 2.35. The van der Waals surface area contributed by atoms with Gasteiger partial charge in [0.2, 0.25) is 0 Å². The van der Waals surface area contributed by atoms with E-state index in [9.17, 15) is 0 Å². The van der Waals surface area contributed by atoms with E-state index in [1.54, 1.807) is 24.5 Å². The number of ether oxygens (including phenoxy) is 1. The Morgan fingerprint density at radius 1 is 1.28 bits per heavy atom. The minimum atomic E-state index is 0.323. The third kappa shape index (κ3) is 3.42. The Hall–Kier alpha value is -1.16. The second kappa shape index (κ2) is 6.14. The van der Waals surface area contributed by atoms with Gasteiger partial charge in [-0.05, 0) is 25.2 Å². The van der Waals surface area contributed by atoms with E-state index < -0.39 is 0 Å². The molecule has 1 aromatic heterocycles. The molecule has 0 aliphatic heterocycles. The maximum Gasteiger partial charge on any atom is 0.146 e. The predicted molar refractivity (Wildman–Crippen MR) is 72.3 cm³/mol. The van der Waals surface area contributed by atoms with Gasteiger partial charge in [-0.1, -0.05) is 23.2 Å². The van der Waals surface area contributed by atoms with E-state index in [0.29, 0.717) is 22.4 Å². The average molecular weight is 286 g/mol. The Bertz CT molecular complexity index is 525. The average Bonchev–Trinajstić information content (AvgIpc) is 2.79. The summed E-state index contributed by atoms with van der Waals surface area (Å²) in [5, 5.41) is 4.17. The molecule has 0 unspecified atom stereocenters. The van der Waals surface area contributed by atoms with E-state index in [0.717, 1.165) is 17.9 Å². The van der Waals surface area contributed by atoms with Crippen LogP contribution in [-0.4, -0.2) is 7.05 Å². The molecule has 0 spiro atoms. The number of furan rings is 1. The van der Waals surface area contributed by atoms with Crippen LogP contribution in [0.3, 0.4) is 0 Å². The molecule has 3 nitrogen and oxygen atoms in total. The Kier molecular flexibility index (Phi) is 4.53. The zero-order valence-corrected chi connectivity index (χ0v) is 11.4. The predicted octanol–water partition coefficient (Wildman–Crippen LogP) is 3.88. The SMILES string of the molecule is CNCc1coc(COc2cc(Cl)ccc2Cl)c1. The molecule has 0 fully saturated rings. The Labute approximate surface area is 116 Å². The molecule has 96 valence electrons. The van der Waals surface area contributed by atoms with Crippen molar-refractivity contribution >= 4 is 23.2 Å². The standard InChI is InChI=1S/C13H13Cl2NO2/c1-16-6-9-4-11(17-7-9)8-18-13-5-10(14)2-3-12(13)15/h2-5,7,16H,6,8H2,1H3. The van der Waals surface area contributed by atoms with Crippen LogP contribution in [0.5, 0.6) is 5.75 Å². The molecule has 0 saturated heterocycles. The normalized spacial score (nSPS) is 10.6. The molecule has 0 aliphatic rings. The molecule has 1 heterocycles. The number of benzene rings is 1. The maximum atomic E-state index is 5.99. The van der Waals surface area contributed by atoms with Crippen LogP contribution in [0.1, 0.15) is 11.3 Å². The van der Waals surface area contributed by atoms with Crippen molar-refractivity contribution in [3.63, 3.8) is 0 Å². The molecular weight excluding hydrogens is 273 g/mol. The smallest absolute Gasteiger partial charge is 0.146 e. The Morgan fingerprint density at radius 3 is 2.89 bits per heavy atom. The number of hydrogen-bond donors (Lipinski definition) is 1. The molecule has 0 radical (unpaired) electrons. The summed E-state index contributed by atoms with van der Waals surface area (Å²) in [6.45, 7) is 1.09. The van der Waals surface area contributed by atoms with Gasteiger partial charge in [0.15, 0.2) is 0 Å². The van der Waals surface area contributed by atoms with E-state index in [2.05, 4.69) is 5.32 Å². The van der Waals surface area contributed by atoms with Crippen LogP contribution in [0.2, 0.25) is 10.0 Å². The lowest BCUT2D eigenvalue weighted by Crippen LogP contribution is -2.03. The summed E-state index contributed by atoms with van der Waals surface area (Å²) in [6.07, 6.45) is 1.70. The van der Waals surface area contributed by atoms with Crippen LogP contribution in [0.25, 0.3) is 0 Å². The first kappa shape index (κ1) is 13.3. The van der Waals surface area contributed by atoms with Crippen molar-refractivity contribution in [2.75, 3.05) is 7.05 Å². The van der Waals surface area contributed by atoms with Gasteiger partial charge in [-0.2, -0.15) is 0 Å². The Morgan fingerprint density at radius 2 is 2.11 bits per heavy atom. The van der Waals surface area contributed by atoms with Crippen molar-refractivity contribution in [2.24, 2.45) is 0 Å². The van der Waals surface area contributed by atoms with E-state index in [-0.39, 0.29) is 0 Å². The van der Waals surface area contributed by atoms with Gasteiger partial charge >= 0.3 is 0 Å². The van der Waals surface area contributed by atoms with Crippen molar-refractivity contribution in [1.82, 2.24) is 5.32 Å². The molecule has 0 bridgehead atoms. The van der Waals surface area contributed by atoms with Gasteiger partial charge < -0.3 is 14.5 Å². The van der Waals surface area contributed by atoms with Gasteiger partial charge in [0.05, 0.1) is 11.3 Å². The molecule has 0 atom stereocenters. The van der Waals surface area contributed by atoms with E-state index in [4.69, 9.17) is 32.4 Å². The van der Waals surface area contributed by atoms with E-state index >= 15 is 0 Å². The fourth-order valence-corrected chi connectivity index (χ4v) is 1.87. The maximum absolute atomic E-state index is 5.99. The first-order chi connectivity index (χ1) is 8.69. The van der Waals surface area contributed by atoms with Crippen molar-refractivity contribution in [2.45, 2.75) is 13.2 Å². The van der Waals surface area contributed by atoms with Crippen molar-refractivity contribution in [3.8, 4) is 5.75 Å². The summed E-state index contributed by atoms with van der Waals surface area (Å²) >= 11 is 11.9. The molecule has 0 aliphatic carbocycles. The van der Waals surface area contributed by atoms with Crippen molar-refractivity contribution < 1.29 is 9.15 Å². The summed E-state index contributed by atoms with van der Waals surface area (Å²) < 4.78 is 10.9. The molecule has 1 N–H and O–H groups in total. The van der Waals surface area contributed by atoms with Gasteiger partial charge in [0.1, 0.15) is 18.1 Å². The summed E-state index contributed by atoms with van der Waals surface area (Å²) in [4.78, 5) is 0. The van der Waals surface area contributed by atoms with Crippen LogP contribution in [0, 0.1) is 0 Å². The highest BCUT2D eigenvalue weighted by Crippen LogP contribution is 2.28. The molecule has 18 heavy (non-hydrogen) atoms. The largest absolute Gasteiger partial charge is 0.484 e. The quantitative estimate of drug-likeness (QED) is 0.905.